The van der Waals surface area contributed by atoms with Gasteiger partial charge in [-0.25, -0.2) is 0 Å². The molecule has 0 rings (SSSR count). The fourth-order valence-electron chi connectivity index (χ4n) is 0.134. The van der Waals surface area contributed by atoms with Crippen LogP contribution in [0, 0.1) is 0 Å². The van der Waals surface area contributed by atoms with Gasteiger partial charge in [0.2, 0.25) is 0 Å². The summed E-state index contributed by atoms with van der Waals surface area (Å²) in [5.41, 5.74) is 5.73. The molecule has 0 heterocycles. The van der Waals surface area contributed by atoms with Crippen LogP contribution in [0.2, 0.25) is 0 Å². The van der Waals surface area contributed by atoms with Gasteiger partial charge >= 0.3 is 0 Å². The second-order valence-corrected chi connectivity index (χ2v) is 1.16. The van der Waals surface area contributed by atoms with E-state index in [1.807, 2.05) is 0 Å². The highest BCUT2D eigenvalue weighted by Crippen LogP contribution is 1.78. The van der Waals surface area contributed by atoms with Gasteiger partial charge in [0.25, 0.3) is 0 Å². The van der Waals surface area contributed by atoms with E-state index in [-0.39, 0.29) is 0 Å². The first-order valence-electron chi connectivity index (χ1n) is 1.87. The number of rotatable bonds is 1. The molecule has 7 heavy (non-hydrogen) atoms. The third-order valence-electron chi connectivity index (χ3n) is 0.524. The molecule has 40 valence electrons. The molecule has 0 aliphatic rings. The molecule has 0 radical (unpaired) electrons. The van der Waals surface area contributed by atoms with Crippen molar-refractivity contribution in [2.24, 2.45) is 10.9 Å². The van der Waals surface area contributed by atoms with Crippen molar-refractivity contribution < 1.29 is 5.21 Å². The SMILES string of the molecule is CC(C=NO)=CN. The molecule has 3 N–H and O–H groups in total. The smallest absolute Gasteiger partial charge is 0.0704 e. The Morgan fingerprint density at radius 1 is 1.86 bits per heavy atom. The average molecular weight is 100 g/mol. The lowest BCUT2D eigenvalue weighted by Crippen LogP contribution is -1.84. The Bertz CT molecular complexity index is 95.9. The van der Waals surface area contributed by atoms with E-state index < -0.39 is 0 Å². The predicted molar refractivity (Wildman–Crippen MR) is 28.2 cm³/mol. The Kier molecular flexibility index (Phi) is 2.76. The van der Waals surface area contributed by atoms with Crippen LogP contribution in [0.15, 0.2) is 16.9 Å². The van der Waals surface area contributed by atoms with Crippen molar-refractivity contribution in [2.75, 3.05) is 0 Å². The highest BCUT2D eigenvalue weighted by atomic mass is 16.4. The van der Waals surface area contributed by atoms with Crippen molar-refractivity contribution in [3.63, 3.8) is 0 Å². The average Bonchev–Trinajstić information content (AvgIpc) is 1.68. The lowest BCUT2D eigenvalue weighted by atomic mass is 10.4. The molecular formula is C4H8N2O. The minimum Gasteiger partial charge on any atom is -0.411 e. The number of allylic oxidation sites excluding steroid dienone is 1. The molecule has 0 aromatic heterocycles. The van der Waals surface area contributed by atoms with Crippen molar-refractivity contribution >= 4 is 6.21 Å². The van der Waals surface area contributed by atoms with Crippen molar-refractivity contribution in [1.82, 2.24) is 0 Å². The Morgan fingerprint density at radius 2 is 2.43 bits per heavy atom. The maximum atomic E-state index is 7.84. The van der Waals surface area contributed by atoms with E-state index in [9.17, 15) is 0 Å². The van der Waals surface area contributed by atoms with Gasteiger partial charge in [-0.2, -0.15) is 0 Å². The van der Waals surface area contributed by atoms with Gasteiger partial charge < -0.3 is 10.9 Å². The summed E-state index contributed by atoms with van der Waals surface area (Å²) < 4.78 is 0. The number of nitrogens with zero attached hydrogens (tertiary/aromatic N) is 1. The van der Waals surface area contributed by atoms with Gasteiger partial charge in [0.1, 0.15) is 0 Å². The second-order valence-electron chi connectivity index (χ2n) is 1.16. The van der Waals surface area contributed by atoms with Gasteiger partial charge in [0.05, 0.1) is 6.21 Å². The van der Waals surface area contributed by atoms with E-state index in [1.165, 1.54) is 12.4 Å². The van der Waals surface area contributed by atoms with E-state index in [2.05, 4.69) is 5.16 Å². The minimum absolute atomic E-state index is 0.738. The summed E-state index contributed by atoms with van der Waals surface area (Å²) in [4.78, 5) is 0. The van der Waals surface area contributed by atoms with Crippen LogP contribution in [0.4, 0.5) is 0 Å². The topological polar surface area (TPSA) is 58.6 Å². The monoisotopic (exact) mass is 100 g/mol. The predicted octanol–water partition coefficient (Wildman–Crippen LogP) is 0.309. The van der Waals surface area contributed by atoms with Crippen LogP contribution in [0.3, 0.4) is 0 Å². The van der Waals surface area contributed by atoms with E-state index in [1.54, 1.807) is 6.92 Å². The van der Waals surface area contributed by atoms with Gasteiger partial charge in [-0.3, -0.25) is 0 Å². The molecule has 3 nitrogen and oxygen atoms in total. The van der Waals surface area contributed by atoms with Crippen LogP contribution in [-0.2, 0) is 0 Å². The summed E-state index contributed by atoms with van der Waals surface area (Å²) in [6, 6.07) is 0. The molecule has 3 heteroatoms. The summed E-state index contributed by atoms with van der Waals surface area (Å²) in [6.07, 6.45) is 2.62. The summed E-state index contributed by atoms with van der Waals surface area (Å²) in [5, 5.41) is 10.6. The molecule has 0 atom stereocenters. The van der Waals surface area contributed by atoms with E-state index in [0.29, 0.717) is 0 Å². The number of hydrogen-bond donors (Lipinski definition) is 2. The molecule has 0 aromatic rings. The summed E-state index contributed by atoms with van der Waals surface area (Å²) in [7, 11) is 0. The highest BCUT2D eigenvalue weighted by molar-refractivity contribution is 5.76. The van der Waals surface area contributed by atoms with Crippen LogP contribution in [0.5, 0.6) is 0 Å². The van der Waals surface area contributed by atoms with Gasteiger partial charge in [0.15, 0.2) is 0 Å². The largest absolute Gasteiger partial charge is 0.411 e. The highest BCUT2D eigenvalue weighted by Gasteiger charge is 1.73. The maximum Gasteiger partial charge on any atom is 0.0704 e. The van der Waals surface area contributed by atoms with Crippen LogP contribution in [0.25, 0.3) is 0 Å². The zero-order chi connectivity index (χ0) is 5.70. The molecule has 0 saturated carbocycles. The third-order valence-corrected chi connectivity index (χ3v) is 0.524. The summed E-state index contributed by atoms with van der Waals surface area (Å²) >= 11 is 0. The molecule has 0 fully saturated rings. The first-order chi connectivity index (χ1) is 3.31. The minimum atomic E-state index is 0.738. The Balaban J connectivity index is 3.58. The molecule has 0 aliphatic heterocycles. The quantitative estimate of drug-likeness (QED) is 0.283. The zero-order valence-electron chi connectivity index (χ0n) is 4.13. The molecule has 0 amide bonds. The second kappa shape index (κ2) is 3.21. The normalized spacial score (nSPS) is 13.0. The van der Waals surface area contributed by atoms with E-state index >= 15 is 0 Å². The van der Waals surface area contributed by atoms with Gasteiger partial charge in [-0.1, -0.05) is 5.16 Å². The van der Waals surface area contributed by atoms with Crippen LogP contribution in [-0.4, -0.2) is 11.4 Å². The van der Waals surface area contributed by atoms with Crippen molar-refractivity contribution in [1.29, 1.82) is 0 Å². The molecule has 0 aromatic carbocycles. The Hall–Kier alpha value is -0.990. The van der Waals surface area contributed by atoms with Gasteiger partial charge in [-0.05, 0) is 18.7 Å². The number of oxime groups is 1. The first kappa shape index (κ1) is 6.01. The van der Waals surface area contributed by atoms with Crippen molar-refractivity contribution in [3.8, 4) is 0 Å². The number of nitrogens with two attached hydrogens (primary N) is 1. The standard InChI is InChI=1S/C4H8N2O/c1-4(2-5)3-6-7/h2-3,7H,5H2,1H3. The van der Waals surface area contributed by atoms with Crippen molar-refractivity contribution in [3.05, 3.63) is 11.8 Å². The molecular weight excluding hydrogens is 92.1 g/mol. The molecule has 0 bridgehead atoms. The zero-order valence-corrected chi connectivity index (χ0v) is 4.13. The van der Waals surface area contributed by atoms with Crippen LogP contribution in [0.1, 0.15) is 6.92 Å². The fraction of sp³-hybridized carbons (Fsp3) is 0.250. The maximum absolute atomic E-state index is 7.84. The van der Waals surface area contributed by atoms with Gasteiger partial charge in [0, 0.05) is 0 Å². The molecule has 0 spiro atoms. The third kappa shape index (κ3) is 2.82. The molecule has 0 saturated heterocycles. The molecule has 0 unspecified atom stereocenters. The Morgan fingerprint density at radius 3 is 2.57 bits per heavy atom. The lowest BCUT2D eigenvalue weighted by molar-refractivity contribution is 0.321. The van der Waals surface area contributed by atoms with Gasteiger partial charge in [-0.15, -0.1) is 0 Å². The number of hydrogen-bond acceptors (Lipinski definition) is 3. The van der Waals surface area contributed by atoms with Crippen LogP contribution >= 0.6 is 0 Å². The van der Waals surface area contributed by atoms with E-state index in [0.717, 1.165) is 5.57 Å². The first-order valence-corrected chi connectivity index (χ1v) is 1.87. The van der Waals surface area contributed by atoms with Crippen LogP contribution < -0.4 is 5.73 Å². The molecule has 0 aliphatic carbocycles. The summed E-state index contributed by atoms with van der Waals surface area (Å²) in [5.74, 6) is 0. The fourth-order valence-corrected chi connectivity index (χ4v) is 0.134. The lowest BCUT2D eigenvalue weighted by Gasteiger charge is -1.79. The van der Waals surface area contributed by atoms with Crippen molar-refractivity contribution in [2.45, 2.75) is 6.92 Å². The summed E-state index contributed by atoms with van der Waals surface area (Å²) in [6.45, 7) is 1.74. The van der Waals surface area contributed by atoms with E-state index in [4.69, 9.17) is 10.9 Å². The Labute approximate surface area is 42.1 Å².